The number of benzene rings is 2. The SMILES string of the molecule is C[C@H](OC(=O)c1cccc(N2C(=O)CCC2=O)c1)C(=O)c1c[nH]c2ccccc12. The van der Waals surface area contributed by atoms with Crippen molar-refractivity contribution in [1.82, 2.24) is 4.98 Å². The molecular weight excluding hydrogens is 372 g/mol. The highest BCUT2D eigenvalue weighted by molar-refractivity contribution is 6.20. The van der Waals surface area contributed by atoms with E-state index < -0.39 is 12.1 Å². The van der Waals surface area contributed by atoms with Gasteiger partial charge in [0.25, 0.3) is 0 Å². The summed E-state index contributed by atoms with van der Waals surface area (Å²) in [7, 11) is 0. The summed E-state index contributed by atoms with van der Waals surface area (Å²) >= 11 is 0. The van der Waals surface area contributed by atoms with E-state index in [9.17, 15) is 19.2 Å². The van der Waals surface area contributed by atoms with Crippen molar-refractivity contribution in [2.24, 2.45) is 0 Å². The molecule has 2 amide bonds. The molecule has 3 aromatic rings. The quantitative estimate of drug-likeness (QED) is 0.410. The second kappa shape index (κ2) is 7.35. The van der Waals surface area contributed by atoms with Crippen LogP contribution in [0.1, 0.15) is 40.5 Å². The number of anilines is 1. The van der Waals surface area contributed by atoms with E-state index >= 15 is 0 Å². The number of aromatic amines is 1. The van der Waals surface area contributed by atoms with Crippen LogP contribution in [0, 0.1) is 0 Å². The number of carbonyl (C=O) groups excluding carboxylic acids is 4. The lowest BCUT2D eigenvalue weighted by Crippen LogP contribution is -2.29. The summed E-state index contributed by atoms with van der Waals surface area (Å²) in [6.45, 7) is 1.51. The molecule has 4 rings (SSSR count). The van der Waals surface area contributed by atoms with Gasteiger partial charge in [-0.1, -0.05) is 24.3 Å². The molecule has 0 spiro atoms. The molecule has 146 valence electrons. The molecule has 2 heterocycles. The van der Waals surface area contributed by atoms with Crippen LogP contribution >= 0.6 is 0 Å². The first kappa shape index (κ1) is 18.6. The molecule has 1 fully saturated rings. The number of esters is 1. The zero-order chi connectivity index (χ0) is 20.5. The van der Waals surface area contributed by atoms with Crippen LogP contribution in [0.5, 0.6) is 0 Å². The fraction of sp³-hybridized carbons (Fsp3) is 0.182. The maximum Gasteiger partial charge on any atom is 0.338 e. The zero-order valence-electron chi connectivity index (χ0n) is 15.7. The van der Waals surface area contributed by atoms with Crippen molar-refractivity contribution in [1.29, 1.82) is 0 Å². The van der Waals surface area contributed by atoms with Gasteiger partial charge in [-0.3, -0.25) is 19.3 Å². The molecule has 0 unspecified atom stereocenters. The summed E-state index contributed by atoms with van der Waals surface area (Å²) in [6.07, 6.45) is 0.913. The van der Waals surface area contributed by atoms with E-state index in [4.69, 9.17) is 4.74 Å². The fourth-order valence-corrected chi connectivity index (χ4v) is 3.41. The van der Waals surface area contributed by atoms with Gasteiger partial charge >= 0.3 is 5.97 Å². The molecule has 1 N–H and O–H groups in total. The lowest BCUT2D eigenvalue weighted by molar-refractivity contribution is -0.121. The number of nitrogens with one attached hydrogen (secondary N) is 1. The molecule has 1 aromatic heterocycles. The average molecular weight is 390 g/mol. The highest BCUT2D eigenvalue weighted by Crippen LogP contribution is 2.24. The maximum absolute atomic E-state index is 12.8. The highest BCUT2D eigenvalue weighted by atomic mass is 16.5. The third-order valence-electron chi connectivity index (χ3n) is 4.90. The van der Waals surface area contributed by atoms with Crippen LogP contribution in [0.3, 0.4) is 0 Å². The number of hydrogen-bond donors (Lipinski definition) is 1. The van der Waals surface area contributed by atoms with Crippen molar-refractivity contribution in [3.8, 4) is 0 Å². The predicted octanol–water partition coefficient (Wildman–Crippen LogP) is 3.25. The normalized spacial score (nSPS) is 15.0. The molecule has 0 saturated carbocycles. The molecule has 0 aliphatic carbocycles. The number of para-hydroxylation sites is 1. The second-order valence-electron chi connectivity index (χ2n) is 6.83. The molecule has 1 aliphatic rings. The Morgan fingerprint density at radius 3 is 2.52 bits per heavy atom. The Bertz CT molecular complexity index is 1130. The van der Waals surface area contributed by atoms with Crippen molar-refractivity contribution in [2.75, 3.05) is 4.90 Å². The minimum Gasteiger partial charge on any atom is -0.451 e. The number of carbonyl (C=O) groups is 4. The summed E-state index contributed by atoms with van der Waals surface area (Å²) < 4.78 is 5.35. The zero-order valence-corrected chi connectivity index (χ0v) is 15.7. The number of rotatable bonds is 5. The van der Waals surface area contributed by atoms with E-state index in [1.54, 1.807) is 18.3 Å². The van der Waals surface area contributed by atoms with Crippen molar-refractivity contribution in [3.05, 3.63) is 65.9 Å². The Kier molecular flexibility index (Phi) is 4.72. The third-order valence-corrected chi connectivity index (χ3v) is 4.90. The Balaban J connectivity index is 1.52. The number of Topliss-reactive ketones (excluding diaryl/α,β-unsaturated/α-hetero) is 1. The number of ketones is 1. The van der Waals surface area contributed by atoms with E-state index in [-0.39, 0.29) is 36.0 Å². The lowest BCUT2D eigenvalue weighted by atomic mass is 10.1. The van der Waals surface area contributed by atoms with Gasteiger partial charge in [-0.25, -0.2) is 4.79 Å². The molecule has 1 atom stereocenters. The van der Waals surface area contributed by atoms with Crippen molar-refractivity contribution in [2.45, 2.75) is 25.9 Å². The first-order valence-electron chi connectivity index (χ1n) is 9.23. The summed E-state index contributed by atoms with van der Waals surface area (Å²) in [5.41, 5.74) is 1.75. The Morgan fingerprint density at radius 2 is 1.76 bits per heavy atom. The van der Waals surface area contributed by atoms with Gasteiger partial charge < -0.3 is 9.72 Å². The molecule has 0 bridgehead atoms. The average Bonchev–Trinajstić information content (AvgIpc) is 3.30. The topological polar surface area (TPSA) is 96.5 Å². The molecule has 0 radical (unpaired) electrons. The van der Waals surface area contributed by atoms with Gasteiger partial charge in [-0.15, -0.1) is 0 Å². The number of nitrogens with zero attached hydrogens (tertiary/aromatic N) is 1. The Labute approximate surface area is 166 Å². The van der Waals surface area contributed by atoms with Crippen molar-refractivity contribution < 1.29 is 23.9 Å². The third kappa shape index (κ3) is 3.42. The first-order valence-corrected chi connectivity index (χ1v) is 9.23. The van der Waals surface area contributed by atoms with Crippen LogP contribution in [-0.2, 0) is 14.3 Å². The number of ether oxygens (including phenoxy) is 1. The van der Waals surface area contributed by atoms with Crippen molar-refractivity contribution in [3.63, 3.8) is 0 Å². The molecule has 1 aliphatic heterocycles. The largest absolute Gasteiger partial charge is 0.451 e. The van der Waals surface area contributed by atoms with Gasteiger partial charge in [-0.05, 0) is 31.2 Å². The fourth-order valence-electron chi connectivity index (χ4n) is 3.41. The molecule has 2 aromatic carbocycles. The summed E-state index contributed by atoms with van der Waals surface area (Å²) in [5, 5.41) is 0.758. The number of fused-ring (bicyclic) bond motifs is 1. The van der Waals surface area contributed by atoms with Gasteiger partial charge in [0.15, 0.2) is 6.10 Å². The maximum atomic E-state index is 12.8. The van der Waals surface area contributed by atoms with E-state index in [1.165, 1.54) is 19.1 Å². The van der Waals surface area contributed by atoms with E-state index in [2.05, 4.69) is 4.98 Å². The van der Waals surface area contributed by atoms with Crippen molar-refractivity contribution >= 4 is 40.2 Å². The predicted molar refractivity (Wildman–Crippen MR) is 106 cm³/mol. The molecular formula is C22H18N2O5. The summed E-state index contributed by atoms with van der Waals surface area (Å²) in [5.74, 6) is -1.63. The summed E-state index contributed by atoms with van der Waals surface area (Å²) in [4.78, 5) is 53.2. The van der Waals surface area contributed by atoms with Gasteiger partial charge in [0, 0.05) is 35.5 Å². The molecule has 7 nitrogen and oxygen atoms in total. The number of H-pyrrole nitrogens is 1. The number of aromatic nitrogens is 1. The standard InChI is InChI=1S/C22H18N2O5/c1-13(21(27)17-12-23-18-8-3-2-7-16(17)18)29-22(28)14-5-4-6-15(11-14)24-19(25)9-10-20(24)26/h2-8,11-13,23H,9-10H2,1H3/t13-/m0/s1. The van der Waals surface area contributed by atoms with E-state index in [0.29, 0.717) is 11.3 Å². The smallest absolute Gasteiger partial charge is 0.338 e. The molecule has 7 heteroatoms. The monoisotopic (exact) mass is 390 g/mol. The van der Waals surface area contributed by atoms with Crippen LogP contribution in [0.25, 0.3) is 10.9 Å². The first-order chi connectivity index (χ1) is 14.0. The molecule has 29 heavy (non-hydrogen) atoms. The summed E-state index contributed by atoms with van der Waals surface area (Å²) in [6, 6.07) is 13.5. The van der Waals surface area contributed by atoms with E-state index in [1.807, 2.05) is 24.3 Å². The minimum absolute atomic E-state index is 0.156. The van der Waals surface area contributed by atoms with Crippen LogP contribution in [0.2, 0.25) is 0 Å². The number of hydrogen-bond acceptors (Lipinski definition) is 5. The Morgan fingerprint density at radius 1 is 1.03 bits per heavy atom. The lowest BCUT2D eigenvalue weighted by Gasteiger charge is -2.16. The van der Waals surface area contributed by atoms with Gasteiger partial charge in [-0.2, -0.15) is 0 Å². The number of amides is 2. The van der Waals surface area contributed by atoms with Gasteiger partial charge in [0.05, 0.1) is 11.3 Å². The van der Waals surface area contributed by atoms with Gasteiger partial charge in [0.2, 0.25) is 17.6 Å². The second-order valence-corrected chi connectivity index (χ2v) is 6.83. The molecule has 1 saturated heterocycles. The Hall–Kier alpha value is -3.74. The van der Waals surface area contributed by atoms with Gasteiger partial charge in [0.1, 0.15) is 0 Å². The van der Waals surface area contributed by atoms with Crippen LogP contribution in [0.4, 0.5) is 5.69 Å². The number of imide groups is 1. The van der Waals surface area contributed by atoms with E-state index in [0.717, 1.165) is 15.8 Å². The van der Waals surface area contributed by atoms with Crippen LogP contribution < -0.4 is 4.90 Å². The minimum atomic E-state index is -1.000. The van der Waals surface area contributed by atoms with Crippen LogP contribution in [0.15, 0.2) is 54.7 Å². The van der Waals surface area contributed by atoms with Crippen LogP contribution in [-0.4, -0.2) is 34.7 Å². The highest BCUT2D eigenvalue weighted by Gasteiger charge is 2.31.